The number of aromatic nitrogens is 2. The van der Waals surface area contributed by atoms with Crippen molar-refractivity contribution in [3.8, 4) is 16.2 Å². The van der Waals surface area contributed by atoms with E-state index in [1.165, 1.54) is 30.9 Å². The fraction of sp³-hybridized carbons (Fsp3) is 0.429. The van der Waals surface area contributed by atoms with E-state index in [-0.39, 0.29) is 55.9 Å². The molecule has 1 unspecified atom stereocenters. The molecule has 4 aromatic carbocycles. The zero-order chi connectivity index (χ0) is 50.8. The lowest BCUT2D eigenvalue weighted by Gasteiger charge is -2.43. The number of thiazole rings is 1. The summed E-state index contributed by atoms with van der Waals surface area (Å²) in [5.41, 5.74) is 6.16. The molecule has 2 aliphatic rings. The van der Waals surface area contributed by atoms with Gasteiger partial charge in [0, 0.05) is 72.0 Å². The van der Waals surface area contributed by atoms with Crippen LogP contribution >= 0.6 is 11.3 Å². The molecule has 0 saturated carbocycles. The van der Waals surface area contributed by atoms with E-state index < -0.39 is 58.8 Å². The molecule has 15 heteroatoms. The summed E-state index contributed by atoms with van der Waals surface area (Å²) in [6, 6.07) is 22.4. The number of unbranched alkanes of at least 4 members (excludes halogenated alkanes) is 2. The van der Waals surface area contributed by atoms with Crippen molar-refractivity contribution in [1.29, 1.82) is 0 Å². The van der Waals surface area contributed by atoms with E-state index in [9.17, 15) is 19.5 Å². The maximum absolute atomic E-state index is 16.1. The number of para-hydroxylation sites is 1. The number of β-amino-alcohol motifs (C(OH)–C–C–N with tert-alkyl or cyclic N) is 1. The van der Waals surface area contributed by atoms with Gasteiger partial charge in [0.05, 0.1) is 34.8 Å². The molecular formula is C56H65F3N6O5S. The molecule has 2 aromatic heterocycles. The van der Waals surface area contributed by atoms with Gasteiger partial charge in [-0.1, -0.05) is 75.4 Å². The lowest BCUT2D eigenvalue weighted by Crippen LogP contribution is -2.57. The van der Waals surface area contributed by atoms with Crippen molar-refractivity contribution in [2.75, 3.05) is 19.7 Å². The Kier molecular flexibility index (Phi) is 15.4. The molecule has 5 atom stereocenters. The number of aromatic amines is 1. The fourth-order valence-corrected chi connectivity index (χ4v) is 10.8. The number of aliphatic hydroxyl groups excluding tert-OH is 1. The van der Waals surface area contributed by atoms with Crippen LogP contribution < -0.4 is 15.4 Å². The Labute approximate surface area is 418 Å². The van der Waals surface area contributed by atoms with Gasteiger partial charge in [-0.15, -0.1) is 11.3 Å². The zero-order valence-electron chi connectivity index (χ0n) is 41.6. The first-order valence-corrected chi connectivity index (χ1v) is 25.4. The quantitative estimate of drug-likeness (QED) is 0.0668. The maximum Gasteiger partial charge on any atom is 0.251 e. The van der Waals surface area contributed by atoms with E-state index >= 15 is 13.2 Å². The second-order valence-corrected chi connectivity index (χ2v) is 21.8. The zero-order valence-corrected chi connectivity index (χ0v) is 42.4. The van der Waals surface area contributed by atoms with Crippen molar-refractivity contribution in [2.45, 2.75) is 129 Å². The summed E-state index contributed by atoms with van der Waals surface area (Å²) in [5.74, 6) is -2.66. The topological polar surface area (TPSA) is 140 Å². The molecule has 71 heavy (non-hydrogen) atoms. The molecule has 1 fully saturated rings. The number of halogens is 3. The minimum Gasteiger partial charge on any atom is -0.493 e. The monoisotopic (exact) mass is 990 g/mol. The van der Waals surface area contributed by atoms with Crippen LogP contribution in [0.25, 0.3) is 21.3 Å². The number of alkyl halides is 1. The number of nitrogens with zero attached hydrogens (tertiary/aromatic N) is 3. The molecule has 8 rings (SSSR count). The Morgan fingerprint density at radius 1 is 0.944 bits per heavy atom. The highest BCUT2D eigenvalue weighted by atomic mass is 32.1. The molecule has 6 aromatic rings. The van der Waals surface area contributed by atoms with Crippen LogP contribution in [0, 0.1) is 24.0 Å². The Morgan fingerprint density at radius 3 is 2.30 bits per heavy atom. The minimum absolute atomic E-state index is 0.00602. The first-order valence-electron chi connectivity index (χ1n) is 24.6. The number of carbonyl (C=O) groups excluding carboxylic acids is 3. The van der Waals surface area contributed by atoms with Crippen LogP contribution in [0.1, 0.15) is 117 Å². The van der Waals surface area contributed by atoms with Gasteiger partial charge in [0.1, 0.15) is 35.1 Å². The Balaban J connectivity index is 0.820. The number of rotatable bonds is 17. The lowest BCUT2D eigenvalue weighted by atomic mass is 9.85. The summed E-state index contributed by atoms with van der Waals surface area (Å²) < 4.78 is 53.3. The third-order valence-corrected chi connectivity index (χ3v) is 14.7. The SMILES string of the molecule is Cc1ncsc1-c1ccc(CNC(=O)[C@@H]2C[C@@H](O)CN2C(=O)C(NC(=O)c2ccc(CCCCCOc3cc(F)c([C@@H]4c5[nH]c6ccccc6c5C[C@@H](C)N4CC(C)(C)F)c(F)c3)cc2)C(C)(C)C)cc1. The Bertz CT molecular complexity index is 2830. The largest absolute Gasteiger partial charge is 0.493 e. The summed E-state index contributed by atoms with van der Waals surface area (Å²) >= 11 is 1.57. The molecule has 0 bridgehead atoms. The third kappa shape index (κ3) is 11.9. The van der Waals surface area contributed by atoms with Crippen LogP contribution in [-0.2, 0) is 29.0 Å². The van der Waals surface area contributed by atoms with Crippen molar-refractivity contribution in [1.82, 2.24) is 30.4 Å². The highest BCUT2D eigenvalue weighted by molar-refractivity contribution is 7.13. The maximum atomic E-state index is 16.1. The summed E-state index contributed by atoms with van der Waals surface area (Å²) in [4.78, 5) is 53.4. The van der Waals surface area contributed by atoms with Crippen LogP contribution in [0.3, 0.4) is 0 Å². The molecule has 0 aliphatic carbocycles. The minimum atomic E-state index is -1.60. The molecule has 2 aliphatic heterocycles. The molecule has 0 spiro atoms. The molecule has 1 saturated heterocycles. The molecule has 376 valence electrons. The number of carbonyl (C=O) groups is 3. The number of hydrogen-bond acceptors (Lipinski definition) is 8. The van der Waals surface area contributed by atoms with E-state index in [0.29, 0.717) is 24.1 Å². The second kappa shape index (κ2) is 21.4. The van der Waals surface area contributed by atoms with Gasteiger partial charge in [0.15, 0.2) is 0 Å². The third-order valence-electron chi connectivity index (χ3n) is 13.7. The van der Waals surface area contributed by atoms with E-state index in [0.717, 1.165) is 63.0 Å². The van der Waals surface area contributed by atoms with Crippen LogP contribution in [-0.4, -0.2) is 92.2 Å². The first-order chi connectivity index (χ1) is 33.8. The standard InChI is InChI=1S/C56H65F3N6O5S/c1-33-25-42-41-14-10-11-15-45(41)62-48(42)49(65(33)31-56(6,7)59)47-43(57)27-40(28-44(47)58)70-24-12-8-9-13-35-16-22-38(23-17-35)52(67)63-51(55(3,4)5)54(69)64-30-39(66)26-46(64)53(68)60-29-36-18-20-37(21-19-36)50-34(2)61-32-71-50/h10-11,14-23,27-28,32-33,39,46,49,51,62,66H,8-9,12-13,24-26,29-31H2,1-7H3,(H,60,68)(H,63,67)/t33-,39-,46+,49-,51?/m1/s1. The number of hydrogen-bond donors (Lipinski definition) is 4. The number of aliphatic hydroxyl groups is 1. The number of H-pyrrole nitrogens is 1. The Morgan fingerprint density at radius 2 is 1.63 bits per heavy atom. The number of ether oxygens (including phenoxy) is 1. The molecule has 0 radical (unpaired) electrons. The molecule has 3 amide bonds. The number of fused-ring (bicyclic) bond motifs is 3. The summed E-state index contributed by atoms with van der Waals surface area (Å²) in [5, 5.41) is 17.5. The lowest BCUT2D eigenvalue weighted by molar-refractivity contribution is -0.142. The molecule has 4 heterocycles. The summed E-state index contributed by atoms with van der Waals surface area (Å²) in [7, 11) is 0. The van der Waals surface area contributed by atoms with Gasteiger partial charge in [-0.05, 0) is 106 Å². The van der Waals surface area contributed by atoms with Gasteiger partial charge >= 0.3 is 0 Å². The molecule has 11 nitrogen and oxygen atoms in total. The van der Waals surface area contributed by atoms with Gasteiger partial charge < -0.3 is 30.4 Å². The average molecular weight is 991 g/mol. The summed E-state index contributed by atoms with van der Waals surface area (Å²) in [6.45, 7) is 12.9. The van der Waals surface area contributed by atoms with Crippen LogP contribution in [0.5, 0.6) is 5.75 Å². The number of amides is 3. The van der Waals surface area contributed by atoms with E-state index in [2.05, 4.69) is 20.6 Å². The van der Waals surface area contributed by atoms with Gasteiger partial charge in [-0.25, -0.2) is 18.2 Å². The van der Waals surface area contributed by atoms with Crippen molar-refractivity contribution >= 4 is 40.0 Å². The summed E-state index contributed by atoms with van der Waals surface area (Å²) in [6.07, 6.45) is 2.77. The highest BCUT2D eigenvalue weighted by Crippen LogP contribution is 2.44. The van der Waals surface area contributed by atoms with Gasteiger partial charge in [0.25, 0.3) is 5.91 Å². The predicted molar refractivity (Wildman–Crippen MR) is 272 cm³/mol. The van der Waals surface area contributed by atoms with Crippen molar-refractivity contribution < 1.29 is 37.4 Å². The van der Waals surface area contributed by atoms with Crippen LogP contribution in [0.2, 0.25) is 0 Å². The predicted octanol–water partition coefficient (Wildman–Crippen LogP) is 10.2. The number of likely N-dealkylation sites (tertiary alicyclic amines) is 1. The second-order valence-electron chi connectivity index (χ2n) is 20.9. The Hall–Kier alpha value is -6.03. The van der Waals surface area contributed by atoms with E-state index in [1.54, 1.807) is 23.5 Å². The first kappa shape index (κ1) is 51.3. The fourth-order valence-electron chi connectivity index (χ4n) is 10.0. The molecular weight excluding hydrogens is 926 g/mol. The van der Waals surface area contributed by atoms with Gasteiger partial charge in [-0.3, -0.25) is 19.3 Å². The van der Waals surface area contributed by atoms with Crippen molar-refractivity contribution in [3.63, 3.8) is 0 Å². The van der Waals surface area contributed by atoms with E-state index in [4.69, 9.17) is 4.74 Å². The average Bonchev–Trinajstić information content (AvgIpc) is 4.04. The number of aryl methyl sites for hydroxylation is 2. The normalized spacial score (nSPS) is 18.9. The molecule has 4 N–H and O–H groups in total. The van der Waals surface area contributed by atoms with Crippen molar-refractivity contribution in [3.05, 3.63) is 141 Å². The highest BCUT2D eigenvalue weighted by Gasteiger charge is 2.45. The number of nitrogens with one attached hydrogen (secondary N) is 3. The van der Waals surface area contributed by atoms with E-state index in [1.807, 2.05) is 106 Å². The van der Waals surface area contributed by atoms with Gasteiger partial charge in [-0.2, -0.15) is 0 Å². The van der Waals surface area contributed by atoms with Crippen molar-refractivity contribution in [2.24, 2.45) is 5.41 Å². The van der Waals surface area contributed by atoms with Crippen LogP contribution in [0.4, 0.5) is 13.2 Å². The smallest absolute Gasteiger partial charge is 0.251 e. The van der Waals surface area contributed by atoms with Crippen LogP contribution in [0.15, 0.2) is 90.4 Å². The number of benzene rings is 4. The van der Waals surface area contributed by atoms with Gasteiger partial charge in [0.2, 0.25) is 11.8 Å².